The molecule has 0 spiro atoms. The number of hydrogen-bond acceptors (Lipinski definition) is 18. The van der Waals surface area contributed by atoms with Gasteiger partial charge in [-0.25, -0.2) is 0 Å². The van der Waals surface area contributed by atoms with E-state index in [4.69, 9.17) is 28.4 Å². The van der Waals surface area contributed by atoms with Gasteiger partial charge in [-0.15, -0.1) is 0 Å². The molecule has 19 nitrogen and oxygen atoms in total. The van der Waals surface area contributed by atoms with Crippen LogP contribution in [0.1, 0.15) is 187 Å². The number of unbranched alkanes of at least 4 members (excludes halogenated alkanes) is 14. The van der Waals surface area contributed by atoms with Gasteiger partial charge in [0.1, 0.15) is 73.2 Å². The van der Waals surface area contributed by atoms with Crippen molar-refractivity contribution in [3.8, 4) is 0 Å². The number of ether oxygens (including phenoxy) is 6. The van der Waals surface area contributed by atoms with Crippen LogP contribution in [0.5, 0.6) is 0 Å². The molecule has 3 aliphatic rings. The van der Waals surface area contributed by atoms with Crippen molar-refractivity contribution in [3.05, 3.63) is 109 Å². The second kappa shape index (κ2) is 50.1. The Morgan fingerprint density at radius 2 is 0.784 bits per heavy atom. The van der Waals surface area contributed by atoms with Crippen LogP contribution in [0.15, 0.2) is 109 Å². The van der Waals surface area contributed by atoms with Crippen LogP contribution in [0.4, 0.5) is 0 Å². The molecule has 88 heavy (non-hydrogen) atoms. The monoisotopic (exact) mass is 1250 g/mol. The van der Waals surface area contributed by atoms with Crippen molar-refractivity contribution in [1.29, 1.82) is 0 Å². The lowest BCUT2D eigenvalue weighted by molar-refractivity contribution is -0.379. The summed E-state index contributed by atoms with van der Waals surface area (Å²) in [6, 6.07) is -0.904. The highest BCUT2D eigenvalue weighted by molar-refractivity contribution is 5.76. The number of hydrogen-bond donors (Lipinski definition) is 12. The van der Waals surface area contributed by atoms with E-state index in [1.165, 1.54) is 38.5 Å². The third-order valence-electron chi connectivity index (χ3n) is 15.9. The van der Waals surface area contributed by atoms with Crippen LogP contribution >= 0.6 is 0 Å². The van der Waals surface area contributed by atoms with Gasteiger partial charge in [0.25, 0.3) is 0 Å². The maximum atomic E-state index is 13.4. The summed E-state index contributed by atoms with van der Waals surface area (Å²) in [6.07, 6.45) is 39.0. The van der Waals surface area contributed by atoms with Crippen molar-refractivity contribution in [2.75, 3.05) is 26.4 Å². The number of aliphatic hydroxyl groups is 11. The van der Waals surface area contributed by atoms with Crippen molar-refractivity contribution < 1.29 is 89.4 Å². The molecule has 17 atom stereocenters. The fourth-order valence-corrected chi connectivity index (χ4v) is 10.5. The smallest absolute Gasteiger partial charge is 0.220 e. The summed E-state index contributed by atoms with van der Waals surface area (Å²) in [7, 11) is 0. The van der Waals surface area contributed by atoms with Crippen LogP contribution in [0.25, 0.3) is 0 Å². The Hall–Kier alpha value is -3.55. The lowest BCUT2D eigenvalue weighted by atomic mass is 9.96. The first kappa shape index (κ1) is 78.7. The van der Waals surface area contributed by atoms with Crippen LogP contribution in [0.2, 0.25) is 0 Å². The van der Waals surface area contributed by atoms with E-state index >= 15 is 0 Å². The fourth-order valence-electron chi connectivity index (χ4n) is 10.5. The first-order chi connectivity index (χ1) is 42.8. The predicted octanol–water partition coefficient (Wildman–Crippen LogP) is 7.88. The van der Waals surface area contributed by atoms with E-state index in [0.717, 1.165) is 109 Å². The quantitative estimate of drug-likeness (QED) is 0.0204. The molecular formula is C69H115NO18. The maximum absolute atomic E-state index is 13.4. The van der Waals surface area contributed by atoms with Crippen LogP contribution < -0.4 is 5.32 Å². The number of carbonyl (C=O) groups is 1. The van der Waals surface area contributed by atoms with Gasteiger partial charge >= 0.3 is 0 Å². The van der Waals surface area contributed by atoms with Crippen molar-refractivity contribution in [2.45, 2.75) is 291 Å². The summed E-state index contributed by atoms with van der Waals surface area (Å²) >= 11 is 0. The van der Waals surface area contributed by atoms with Crippen molar-refractivity contribution in [3.63, 3.8) is 0 Å². The van der Waals surface area contributed by atoms with Crippen LogP contribution in [-0.4, -0.2) is 193 Å². The molecule has 3 heterocycles. The predicted molar refractivity (Wildman–Crippen MR) is 341 cm³/mol. The molecule has 0 radical (unpaired) electrons. The second-order valence-corrected chi connectivity index (χ2v) is 23.2. The number of amides is 1. The highest BCUT2D eigenvalue weighted by Crippen LogP contribution is 2.33. The normalized spacial score (nSPS) is 29.1. The van der Waals surface area contributed by atoms with Crippen LogP contribution in [-0.2, 0) is 33.2 Å². The van der Waals surface area contributed by atoms with E-state index in [1.54, 1.807) is 0 Å². The van der Waals surface area contributed by atoms with Crippen molar-refractivity contribution in [2.24, 2.45) is 0 Å². The van der Waals surface area contributed by atoms with E-state index in [9.17, 15) is 61.0 Å². The van der Waals surface area contributed by atoms with E-state index in [0.29, 0.717) is 19.3 Å². The fraction of sp³-hybridized carbons (Fsp3) is 0.725. The van der Waals surface area contributed by atoms with Gasteiger partial charge in [-0.05, 0) is 83.5 Å². The Bertz CT molecular complexity index is 2020. The van der Waals surface area contributed by atoms with E-state index in [-0.39, 0.29) is 18.9 Å². The summed E-state index contributed by atoms with van der Waals surface area (Å²) in [4.78, 5) is 13.4. The molecule has 17 unspecified atom stereocenters. The summed E-state index contributed by atoms with van der Waals surface area (Å²) in [5.74, 6) is -0.269. The minimum absolute atomic E-state index is 0.236. The van der Waals surface area contributed by atoms with Gasteiger partial charge in [0, 0.05) is 6.42 Å². The molecule has 12 N–H and O–H groups in total. The van der Waals surface area contributed by atoms with E-state index < -0.39 is 124 Å². The van der Waals surface area contributed by atoms with Crippen molar-refractivity contribution >= 4 is 5.91 Å². The number of aliphatic hydroxyl groups excluding tert-OH is 11. The third-order valence-corrected chi connectivity index (χ3v) is 15.9. The van der Waals surface area contributed by atoms with Gasteiger partial charge in [0.15, 0.2) is 18.9 Å². The summed E-state index contributed by atoms with van der Waals surface area (Å²) in [5, 5.41) is 120. The van der Waals surface area contributed by atoms with Gasteiger partial charge in [0.2, 0.25) is 5.91 Å². The molecule has 504 valence electrons. The van der Waals surface area contributed by atoms with Crippen LogP contribution in [0, 0.1) is 0 Å². The minimum Gasteiger partial charge on any atom is -0.394 e. The molecule has 0 aromatic heterocycles. The molecule has 3 fully saturated rings. The number of carbonyl (C=O) groups excluding carboxylic acids is 1. The molecule has 0 saturated carbocycles. The van der Waals surface area contributed by atoms with Gasteiger partial charge in [-0.1, -0.05) is 207 Å². The molecular weight excluding hydrogens is 1130 g/mol. The van der Waals surface area contributed by atoms with Gasteiger partial charge in [-0.2, -0.15) is 0 Å². The summed E-state index contributed by atoms with van der Waals surface area (Å²) < 4.78 is 34.3. The molecule has 3 aliphatic heterocycles. The van der Waals surface area contributed by atoms with E-state index in [1.807, 2.05) is 0 Å². The maximum Gasteiger partial charge on any atom is 0.220 e. The molecule has 3 saturated heterocycles. The van der Waals surface area contributed by atoms with Gasteiger partial charge in [-0.3, -0.25) is 4.79 Å². The highest BCUT2D eigenvalue weighted by Gasteiger charge is 2.53. The Morgan fingerprint density at radius 1 is 0.420 bits per heavy atom. The Balaban J connectivity index is 1.38. The lowest BCUT2D eigenvalue weighted by Crippen LogP contribution is -2.66. The molecule has 0 aromatic rings. The molecule has 1 amide bonds. The second-order valence-electron chi connectivity index (χ2n) is 23.2. The zero-order chi connectivity index (χ0) is 64.0. The lowest BCUT2D eigenvalue weighted by Gasteiger charge is -2.48. The van der Waals surface area contributed by atoms with E-state index in [2.05, 4.69) is 129 Å². The summed E-state index contributed by atoms with van der Waals surface area (Å²) in [5.41, 5.74) is 0. The largest absolute Gasteiger partial charge is 0.394 e. The number of allylic oxidation sites excluding steroid dienone is 18. The zero-order valence-electron chi connectivity index (χ0n) is 52.9. The van der Waals surface area contributed by atoms with Gasteiger partial charge in [0.05, 0.1) is 38.6 Å². The van der Waals surface area contributed by atoms with Crippen LogP contribution in [0.3, 0.4) is 0 Å². The molecule has 19 heteroatoms. The topological polar surface area (TPSA) is 307 Å². The molecule has 0 aromatic carbocycles. The SMILES string of the molecule is CC/C=C\C/C=C\C/C=C\C/C=C\C/C=C\C/C=C\C/C=C\C/C=C\C/C=C\CCCCCCCC(=O)NC(COC1OC(CO)C(OC2OC(CO)C(OC3OC(CO)C(O)C(O)C3O)C(O)C2O)C(O)C1O)C(O)CCCCCCCCCCCC. The first-order valence-electron chi connectivity index (χ1n) is 33.1. The standard InChI is InChI=1S/C69H115NO18/c1-3-5-7-9-11-13-15-16-17-18-19-20-21-22-23-24-25-26-27-28-29-30-31-32-33-34-35-36-37-39-41-43-45-47-57(75)70-52(53(74)46-44-42-40-38-14-12-10-8-6-4-2)51-83-67-63(81)60(78)65(55(49-72)85-67)88-69-64(82)61(79)66(56(50-73)86-69)87-68-62(80)59(77)58(76)54(48-71)84-68/h5,7,11,13,16-17,19-20,22-23,25-26,28-29,31-32,34-35,52-56,58-69,71-74,76-82H,3-4,6,8-10,12,14-15,18,21,24,27,30,33,36-51H2,1-2H3,(H,70,75)/b7-5-,13-11-,17-16-,20-19-,23-22-,26-25-,29-28-,32-31-,35-34-. The molecule has 0 aliphatic carbocycles. The molecule has 3 rings (SSSR count). The average Bonchev–Trinajstić information content (AvgIpc) is 1.83. The zero-order valence-corrected chi connectivity index (χ0v) is 52.9. The number of nitrogens with one attached hydrogen (secondary N) is 1. The van der Waals surface area contributed by atoms with Crippen molar-refractivity contribution in [1.82, 2.24) is 5.32 Å². The summed E-state index contributed by atoms with van der Waals surface area (Å²) in [6.45, 7) is 1.61. The molecule has 0 bridgehead atoms. The number of rotatable bonds is 48. The minimum atomic E-state index is -1.98. The Labute approximate surface area is 525 Å². The third kappa shape index (κ3) is 32.1. The van der Waals surface area contributed by atoms with Gasteiger partial charge < -0.3 is 89.9 Å². The Kier molecular flexibility index (Phi) is 44.8. The first-order valence-corrected chi connectivity index (χ1v) is 33.1. The highest BCUT2D eigenvalue weighted by atomic mass is 16.8. The average molecular weight is 1250 g/mol. The Morgan fingerprint density at radius 3 is 1.23 bits per heavy atom.